The van der Waals surface area contributed by atoms with Gasteiger partial charge in [0.25, 0.3) is 0 Å². The highest BCUT2D eigenvalue weighted by molar-refractivity contribution is 5.95. The van der Waals surface area contributed by atoms with Gasteiger partial charge in [-0.1, -0.05) is 43.3 Å². The molecule has 2 aromatic rings. The smallest absolute Gasteiger partial charge is 0.244 e. The molecular weight excluding hydrogens is 350 g/mol. The SMILES string of the molecule is CCCN(CC(=O)Nc1ccccc1C)C(=O)CN1c2ccccc2CC1C. The fourth-order valence-corrected chi connectivity index (χ4v) is 3.75. The molecule has 0 bridgehead atoms. The van der Waals surface area contributed by atoms with E-state index in [0.29, 0.717) is 13.1 Å². The molecule has 5 nitrogen and oxygen atoms in total. The Labute approximate surface area is 167 Å². The number of hydrogen-bond donors (Lipinski definition) is 1. The van der Waals surface area contributed by atoms with Gasteiger partial charge < -0.3 is 15.1 Å². The molecule has 0 fully saturated rings. The minimum atomic E-state index is -0.161. The van der Waals surface area contributed by atoms with E-state index < -0.39 is 0 Å². The lowest BCUT2D eigenvalue weighted by Crippen LogP contribution is -2.45. The molecule has 0 radical (unpaired) electrons. The lowest BCUT2D eigenvalue weighted by Gasteiger charge is -2.28. The molecule has 0 spiro atoms. The van der Waals surface area contributed by atoms with Crippen LogP contribution in [0.2, 0.25) is 0 Å². The van der Waals surface area contributed by atoms with Gasteiger partial charge in [-0.3, -0.25) is 9.59 Å². The van der Waals surface area contributed by atoms with E-state index in [9.17, 15) is 9.59 Å². The molecular formula is C23H29N3O2. The third-order valence-corrected chi connectivity index (χ3v) is 5.25. The number of para-hydroxylation sites is 2. The summed E-state index contributed by atoms with van der Waals surface area (Å²) in [6, 6.07) is 16.2. The van der Waals surface area contributed by atoms with E-state index in [-0.39, 0.29) is 24.4 Å². The van der Waals surface area contributed by atoms with Crippen molar-refractivity contribution in [1.82, 2.24) is 4.90 Å². The van der Waals surface area contributed by atoms with Gasteiger partial charge in [0.1, 0.15) is 0 Å². The molecule has 1 heterocycles. The van der Waals surface area contributed by atoms with Crippen molar-refractivity contribution < 1.29 is 9.59 Å². The molecule has 1 N–H and O–H groups in total. The summed E-state index contributed by atoms with van der Waals surface area (Å²) in [7, 11) is 0. The maximum Gasteiger partial charge on any atom is 0.244 e. The average molecular weight is 380 g/mol. The summed E-state index contributed by atoms with van der Waals surface area (Å²) in [5.74, 6) is -0.170. The highest BCUT2D eigenvalue weighted by Crippen LogP contribution is 2.31. The van der Waals surface area contributed by atoms with Crippen molar-refractivity contribution in [2.75, 3.05) is 29.9 Å². The van der Waals surface area contributed by atoms with E-state index in [1.165, 1.54) is 5.56 Å². The number of carbonyl (C=O) groups excluding carboxylic acids is 2. The van der Waals surface area contributed by atoms with Crippen LogP contribution in [0.1, 0.15) is 31.4 Å². The first-order chi connectivity index (χ1) is 13.5. The van der Waals surface area contributed by atoms with Gasteiger partial charge in [-0.2, -0.15) is 0 Å². The molecule has 5 heteroatoms. The summed E-state index contributed by atoms with van der Waals surface area (Å²) in [6.07, 6.45) is 1.76. The number of benzene rings is 2. The standard InChI is InChI=1S/C23H29N3O2/c1-4-13-25(15-22(27)24-20-11-7-5-9-17(20)2)23(28)16-26-18(3)14-19-10-6-8-12-21(19)26/h5-12,18H,4,13-16H2,1-3H3,(H,24,27). The van der Waals surface area contributed by atoms with Crippen LogP contribution < -0.4 is 10.2 Å². The zero-order valence-corrected chi connectivity index (χ0v) is 16.9. The fraction of sp³-hybridized carbons (Fsp3) is 0.391. The first-order valence-corrected chi connectivity index (χ1v) is 9.97. The highest BCUT2D eigenvalue weighted by Gasteiger charge is 2.29. The molecule has 3 rings (SSSR count). The second kappa shape index (κ2) is 8.91. The first kappa shape index (κ1) is 19.9. The maximum atomic E-state index is 13.0. The van der Waals surface area contributed by atoms with E-state index >= 15 is 0 Å². The second-order valence-corrected chi connectivity index (χ2v) is 7.49. The number of aryl methyl sites for hydroxylation is 1. The van der Waals surface area contributed by atoms with Gasteiger partial charge in [-0.05, 0) is 49.9 Å². The Bertz CT molecular complexity index is 849. The third-order valence-electron chi connectivity index (χ3n) is 5.25. The number of hydrogen-bond acceptors (Lipinski definition) is 3. The number of carbonyl (C=O) groups is 2. The summed E-state index contributed by atoms with van der Waals surface area (Å²) in [5.41, 5.74) is 4.21. The minimum Gasteiger partial charge on any atom is -0.359 e. The fourth-order valence-electron chi connectivity index (χ4n) is 3.75. The van der Waals surface area contributed by atoms with Gasteiger partial charge in [0.2, 0.25) is 11.8 Å². The van der Waals surface area contributed by atoms with Crippen LogP contribution in [0.15, 0.2) is 48.5 Å². The molecule has 1 aliphatic heterocycles. The van der Waals surface area contributed by atoms with Crippen LogP contribution in [0.25, 0.3) is 0 Å². The molecule has 1 aliphatic rings. The summed E-state index contributed by atoms with van der Waals surface area (Å²) in [4.78, 5) is 29.4. The Morgan fingerprint density at radius 3 is 2.61 bits per heavy atom. The Morgan fingerprint density at radius 2 is 1.86 bits per heavy atom. The van der Waals surface area contributed by atoms with E-state index in [2.05, 4.69) is 29.3 Å². The maximum absolute atomic E-state index is 13.0. The van der Waals surface area contributed by atoms with Crippen LogP contribution in [-0.2, 0) is 16.0 Å². The predicted molar refractivity (Wildman–Crippen MR) is 114 cm³/mol. The van der Waals surface area contributed by atoms with Crippen molar-refractivity contribution in [1.29, 1.82) is 0 Å². The van der Waals surface area contributed by atoms with Crippen LogP contribution in [0, 0.1) is 6.92 Å². The van der Waals surface area contributed by atoms with E-state index in [1.54, 1.807) is 4.90 Å². The van der Waals surface area contributed by atoms with Gasteiger partial charge >= 0.3 is 0 Å². The number of anilines is 2. The Hall–Kier alpha value is -2.82. The largest absolute Gasteiger partial charge is 0.359 e. The number of amides is 2. The Balaban J connectivity index is 1.65. The van der Waals surface area contributed by atoms with Gasteiger partial charge in [-0.15, -0.1) is 0 Å². The Morgan fingerprint density at radius 1 is 1.14 bits per heavy atom. The summed E-state index contributed by atoms with van der Waals surface area (Å²) >= 11 is 0. The molecule has 0 aliphatic carbocycles. The van der Waals surface area contributed by atoms with Crippen molar-refractivity contribution in [2.24, 2.45) is 0 Å². The molecule has 0 saturated carbocycles. The summed E-state index contributed by atoms with van der Waals surface area (Å²) in [6.45, 7) is 7.07. The van der Waals surface area contributed by atoms with Gasteiger partial charge in [0, 0.05) is 24.0 Å². The van der Waals surface area contributed by atoms with E-state index in [0.717, 1.165) is 29.8 Å². The van der Waals surface area contributed by atoms with Crippen LogP contribution in [0.5, 0.6) is 0 Å². The van der Waals surface area contributed by atoms with Crippen LogP contribution >= 0.6 is 0 Å². The topological polar surface area (TPSA) is 52.7 Å². The number of nitrogens with zero attached hydrogens (tertiary/aromatic N) is 2. The van der Waals surface area contributed by atoms with Gasteiger partial charge in [0.15, 0.2) is 0 Å². The van der Waals surface area contributed by atoms with Crippen LogP contribution in [0.4, 0.5) is 11.4 Å². The van der Waals surface area contributed by atoms with Crippen molar-refractivity contribution in [2.45, 2.75) is 39.7 Å². The van der Waals surface area contributed by atoms with Crippen molar-refractivity contribution >= 4 is 23.2 Å². The second-order valence-electron chi connectivity index (χ2n) is 7.49. The predicted octanol–water partition coefficient (Wildman–Crippen LogP) is 3.62. The highest BCUT2D eigenvalue weighted by atomic mass is 16.2. The molecule has 2 aromatic carbocycles. The molecule has 28 heavy (non-hydrogen) atoms. The van der Waals surface area contributed by atoms with E-state index in [1.807, 2.05) is 50.2 Å². The van der Waals surface area contributed by atoms with Crippen molar-refractivity contribution in [3.63, 3.8) is 0 Å². The zero-order chi connectivity index (χ0) is 20.1. The molecule has 1 atom stereocenters. The lowest BCUT2D eigenvalue weighted by atomic mass is 10.1. The third kappa shape index (κ3) is 4.53. The molecule has 148 valence electrons. The Kier molecular flexibility index (Phi) is 6.34. The number of nitrogens with one attached hydrogen (secondary N) is 1. The quantitative estimate of drug-likeness (QED) is 0.799. The summed E-state index contributed by atoms with van der Waals surface area (Å²) in [5, 5.41) is 2.93. The first-order valence-electron chi connectivity index (χ1n) is 9.97. The van der Waals surface area contributed by atoms with Crippen LogP contribution in [-0.4, -0.2) is 42.4 Å². The number of fused-ring (bicyclic) bond motifs is 1. The summed E-state index contributed by atoms with van der Waals surface area (Å²) < 4.78 is 0. The minimum absolute atomic E-state index is 0.00895. The lowest BCUT2D eigenvalue weighted by molar-refractivity contribution is -0.133. The molecule has 0 saturated heterocycles. The van der Waals surface area contributed by atoms with Crippen LogP contribution in [0.3, 0.4) is 0 Å². The molecule has 0 aromatic heterocycles. The normalized spacial score (nSPS) is 15.2. The van der Waals surface area contributed by atoms with E-state index in [4.69, 9.17) is 0 Å². The average Bonchev–Trinajstić information content (AvgIpc) is 2.98. The zero-order valence-electron chi connectivity index (χ0n) is 16.9. The number of rotatable bonds is 7. The monoisotopic (exact) mass is 379 g/mol. The van der Waals surface area contributed by atoms with Gasteiger partial charge in [-0.25, -0.2) is 0 Å². The molecule has 2 amide bonds. The van der Waals surface area contributed by atoms with Crippen molar-refractivity contribution in [3.8, 4) is 0 Å². The van der Waals surface area contributed by atoms with Gasteiger partial charge in [0.05, 0.1) is 13.1 Å². The van der Waals surface area contributed by atoms with Crippen molar-refractivity contribution in [3.05, 3.63) is 59.7 Å². The molecule has 1 unspecified atom stereocenters.